The zero-order valence-electron chi connectivity index (χ0n) is 12.5. The molecule has 0 fully saturated rings. The maximum Gasteiger partial charge on any atom is 0.307 e. The van der Waals surface area contributed by atoms with Gasteiger partial charge < -0.3 is 14.7 Å². The molecule has 7 heteroatoms. The number of carbonyl (C=O) groups is 1. The monoisotopic (exact) mass is 319 g/mol. The number of benzene rings is 1. The van der Waals surface area contributed by atoms with Crippen LogP contribution in [0.1, 0.15) is 5.56 Å². The van der Waals surface area contributed by atoms with Crippen LogP contribution in [0.5, 0.6) is 0 Å². The third-order valence-electron chi connectivity index (χ3n) is 3.63. The first-order valence-electron chi connectivity index (χ1n) is 7.35. The molecule has 2 N–H and O–H groups in total. The van der Waals surface area contributed by atoms with E-state index in [2.05, 4.69) is 19.9 Å². The largest absolute Gasteiger partial charge is 0.481 e. The summed E-state index contributed by atoms with van der Waals surface area (Å²) < 4.78 is 1.75. The number of aliphatic carboxylic acids is 1. The van der Waals surface area contributed by atoms with Gasteiger partial charge in [-0.2, -0.15) is 0 Å². The van der Waals surface area contributed by atoms with Crippen LogP contribution in [0, 0.1) is 0 Å². The Kier molecular flexibility index (Phi) is 3.31. The molecule has 1 aromatic carbocycles. The van der Waals surface area contributed by atoms with E-state index in [0.717, 1.165) is 11.0 Å². The summed E-state index contributed by atoms with van der Waals surface area (Å²) in [4.78, 5) is 27.3. The van der Waals surface area contributed by atoms with E-state index in [9.17, 15) is 4.79 Å². The zero-order valence-corrected chi connectivity index (χ0v) is 12.5. The lowest BCUT2D eigenvalue weighted by Gasteiger charge is -2.03. The van der Waals surface area contributed by atoms with Gasteiger partial charge in [0.05, 0.1) is 29.8 Å². The summed E-state index contributed by atoms with van der Waals surface area (Å²) in [5.41, 5.74) is 3.13. The molecule has 3 heterocycles. The van der Waals surface area contributed by atoms with E-state index in [-0.39, 0.29) is 6.42 Å². The summed E-state index contributed by atoms with van der Waals surface area (Å²) in [7, 11) is 0. The smallest absolute Gasteiger partial charge is 0.307 e. The van der Waals surface area contributed by atoms with Crippen LogP contribution in [0.15, 0.2) is 55.1 Å². The Morgan fingerprint density at radius 3 is 2.88 bits per heavy atom. The van der Waals surface area contributed by atoms with Gasteiger partial charge in [-0.05, 0) is 23.8 Å². The molecule has 4 aromatic rings. The first-order valence-corrected chi connectivity index (χ1v) is 7.35. The molecule has 0 unspecified atom stereocenters. The summed E-state index contributed by atoms with van der Waals surface area (Å²) in [6, 6.07) is 9.50. The molecular formula is C17H13N5O2. The minimum atomic E-state index is -0.866. The van der Waals surface area contributed by atoms with Gasteiger partial charge in [0, 0.05) is 12.4 Å². The van der Waals surface area contributed by atoms with E-state index in [1.165, 1.54) is 0 Å². The number of rotatable bonds is 4. The average molecular weight is 319 g/mol. The normalized spacial score (nSPS) is 11.0. The molecular weight excluding hydrogens is 306 g/mol. The standard InChI is InChI=1S/C17H13N5O2/c23-16(24)7-11-5-6-22(10-11)15-9-18-8-14(19-15)17-20-12-3-1-2-4-13(12)21-17/h1-6,8-10H,7H2,(H,20,21)(H,23,24). The zero-order chi connectivity index (χ0) is 16.5. The fourth-order valence-electron chi connectivity index (χ4n) is 2.53. The number of H-pyrrole nitrogens is 1. The highest BCUT2D eigenvalue weighted by atomic mass is 16.4. The molecule has 0 aliphatic carbocycles. The van der Waals surface area contributed by atoms with Gasteiger partial charge in [0.15, 0.2) is 11.6 Å². The number of imidazole rings is 1. The Labute approximate surface area is 136 Å². The molecule has 0 bridgehead atoms. The van der Waals surface area contributed by atoms with Crippen molar-refractivity contribution in [1.29, 1.82) is 0 Å². The third-order valence-corrected chi connectivity index (χ3v) is 3.63. The van der Waals surface area contributed by atoms with Crippen LogP contribution in [-0.4, -0.2) is 35.6 Å². The Balaban J connectivity index is 1.70. The second kappa shape index (κ2) is 5.62. The topological polar surface area (TPSA) is 96.7 Å². The fraction of sp³-hybridized carbons (Fsp3) is 0.0588. The molecule has 0 atom stereocenters. The summed E-state index contributed by atoms with van der Waals surface area (Å²) in [6.07, 6.45) is 6.74. The van der Waals surface area contributed by atoms with Crippen LogP contribution in [0.25, 0.3) is 28.4 Å². The number of fused-ring (bicyclic) bond motifs is 1. The highest BCUT2D eigenvalue weighted by Crippen LogP contribution is 2.19. The highest BCUT2D eigenvalue weighted by molar-refractivity contribution is 5.78. The Morgan fingerprint density at radius 2 is 2.04 bits per heavy atom. The van der Waals surface area contributed by atoms with Gasteiger partial charge in [-0.3, -0.25) is 9.78 Å². The molecule has 3 aromatic heterocycles. The predicted molar refractivity (Wildman–Crippen MR) is 87.8 cm³/mol. The molecule has 0 saturated carbocycles. The quantitative estimate of drug-likeness (QED) is 0.602. The minimum absolute atomic E-state index is 0.0241. The van der Waals surface area contributed by atoms with E-state index in [4.69, 9.17) is 5.11 Å². The Hall–Kier alpha value is -3.48. The van der Waals surface area contributed by atoms with Crippen molar-refractivity contribution in [2.45, 2.75) is 6.42 Å². The summed E-state index contributed by atoms with van der Waals surface area (Å²) in [5.74, 6) is 0.378. The van der Waals surface area contributed by atoms with Crippen molar-refractivity contribution in [1.82, 2.24) is 24.5 Å². The molecule has 118 valence electrons. The number of hydrogen-bond donors (Lipinski definition) is 2. The number of aromatic amines is 1. The minimum Gasteiger partial charge on any atom is -0.481 e. The molecule has 0 aliphatic heterocycles. The van der Waals surface area contributed by atoms with Gasteiger partial charge in [-0.1, -0.05) is 12.1 Å². The summed E-state index contributed by atoms with van der Waals surface area (Å²) in [6.45, 7) is 0. The summed E-state index contributed by atoms with van der Waals surface area (Å²) in [5, 5.41) is 8.86. The van der Waals surface area contributed by atoms with Crippen LogP contribution in [-0.2, 0) is 11.2 Å². The number of carboxylic acid groups (broad SMARTS) is 1. The second-order valence-corrected chi connectivity index (χ2v) is 5.36. The molecule has 0 aliphatic rings. The molecule has 0 spiro atoms. The molecule has 7 nitrogen and oxygen atoms in total. The van der Waals surface area contributed by atoms with Gasteiger partial charge in [0.25, 0.3) is 0 Å². The van der Waals surface area contributed by atoms with Gasteiger partial charge in [0.2, 0.25) is 0 Å². The van der Waals surface area contributed by atoms with Crippen LogP contribution in [0.2, 0.25) is 0 Å². The van der Waals surface area contributed by atoms with E-state index in [1.807, 2.05) is 24.3 Å². The number of aromatic nitrogens is 5. The Bertz CT molecular complexity index is 1000. The molecule has 0 saturated heterocycles. The third kappa shape index (κ3) is 2.63. The number of hydrogen-bond acceptors (Lipinski definition) is 4. The van der Waals surface area contributed by atoms with Crippen molar-refractivity contribution < 1.29 is 9.90 Å². The van der Waals surface area contributed by atoms with Crippen LogP contribution in [0.3, 0.4) is 0 Å². The highest BCUT2D eigenvalue weighted by Gasteiger charge is 2.09. The van der Waals surface area contributed by atoms with E-state index in [1.54, 1.807) is 35.4 Å². The van der Waals surface area contributed by atoms with Crippen LogP contribution < -0.4 is 0 Å². The first-order chi connectivity index (χ1) is 11.7. The van der Waals surface area contributed by atoms with E-state index < -0.39 is 5.97 Å². The average Bonchev–Trinajstić information content (AvgIpc) is 3.21. The SMILES string of the molecule is O=C(O)Cc1ccn(-c2cncc(-c3nc4ccccc4[nH]3)n2)c1. The molecule has 0 radical (unpaired) electrons. The van der Waals surface area contributed by atoms with Crippen molar-refractivity contribution in [2.24, 2.45) is 0 Å². The maximum atomic E-state index is 10.8. The summed E-state index contributed by atoms with van der Waals surface area (Å²) >= 11 is 0. The van der Waals surface area contributed by atoms with E-state index >= 15 is 0 Å². The lowest BCUT2D eigenvalue weighted by molar-refractivity contribution is -0.136. The van der Waals surface area contributed by atoms with Crippen molar-refractivity contribution >= 4 is 17.0 Å². The predicted octanol–water partition coefficient (Wildman–Crippen LogP) is 2.44. The first kappa shape index (κ1) is 14.1. The molecule has 4 rings (SSSR count). The van der Waals surface area contributed by atoms with Crippen molar-refractivity contribution in [3.8, 4) is 17.3 Å². The number of para-hydroxylation sites is 2. The van der Waals surface area contributed by atoms with Gasteiger partial charge in [-0.25, -0.2) is 9.97 Å². The lowest BCUT2D eigenvalue weighted by atomic mass is 10.2. The number of nitrogens with zero attached hydrogens (tertiary/aromatic N) is 4. The van der Waals surface area contributed by atoms with Crippen molar-refractivity contribution in [3.05, 3.63) is 60.7 Å². The maximum absolute atomic E-state index is 10.8. The lowest BCUT2D eigenvalue weighted by Crippen LogP contribution is -2.00. The van der Waals surface area contributed by atoms with Gasteiger partial charge in [-0.15, -0.1) is 0 Å². The fourth-order valence-corrected chi connectivity index (χ4v) is 2.53. The molecule has 24 heavy (non-hydrogen) atoms. The van der Waals surface area contributed by atoms with Crippen LogP contribution >= 0.6 is 0 Å². The van der Waals surface area contributed by atoms with Crippen molar-refractivity contribution in [2.75, 3.05) is 0 Å². The van der Waals surface area contributed by atoms with Crippen LogP contribution in [0.4, 0.5) is 0 Å². The van der Waals surface area contributed by atoms with E-state index in [0.29, 0.717) is 22.9 Å². The second-order valence-electron chi connectivity index (χ2n) is 5.36. The van der Waals surface area contributed by atoms with Gasteiger partial charge in [0.1, 0.15) is 5.69 Å². The van der Waals surface area contributed by atoms with Gasteiger partial charge >= 0.3 is 5.97 Å². The molecule has 0 amide bonds. The number of nitrogens with one attached hydrogen (secondary N) is 1. The van der Waals surface area contributed by atoms with Crippen molar-refractivity contribution in [3.63, 3.8) is 0 Å². The Morgan fingerprint density at radius 1 is 1.17 bits per heavy atom. The number of carboxylic acids is 1.